The third kappa shape index (κ3) is 2.38. The third-order valence-electron chi connectivity index (χ3n) is 2.95. The summed E-state index contributed by atoms with van der Waals surface area (Å²) in [4.78, 5) is 38.0. The number of nitrogens with zero attached hydrogens (tertiary/aromatic N) is 2. The fraction of sp³-hybridized carbons (Fsp3) is 0.583. The van der Waals surface area contributed by atoms with Gasteiger partial charge in [0.25, 0.3) is 11.8 Å². The highest BCUT2D eigenvalue weighted by Gasteiger charge is 2.36. The van der Waals surface area contributed by atoms with Crippen molar-refractivity contribution in [3.05, 3.63) is 11.6 Å². The van der Waals surface area contributed by atoms with Crippen LogP contribution in [0.25, 0.3) is 0 Å². The van der Waals surface area contributed by atoms with Crippen molar-refractivity contribution in [2.45, 2.75) is 33.7 Å². The van der Waals surface area contributed by atoms with Crippen molar-refractivity contribution in [3.8, 4) is 0 Å². The molecule has 0 fully saturated rings. The van der Waals surface area contributed by atoms with Gasteiger partial charge in [0, 0.05) is 24.7 Å². The number of likely N-dealkylation sites (N-methyl/N-ethyl adjacent to an activating group) is 1. The predicted octanol–water partition coefficient (Wildman–Crippen LogP) is 0.558. The summed E-state index contributed by atoms with van der Waals surface area (Å²) >= 11 is 0. The van der Waals surface area contributed by atoms with Crippen LogP contribution in [-0.2, 0) is 14.4 Å². The molecule has 5 heteroatoms. The summed E-state index contributed by atoms with van der Waals surface area (Å²) in [6, 6.07) is -0.733. The van der Waals surface area contributed by atoms with Crippen LogP contribution in [0, 0.1) is 0 Å². The van der Waals surface area contributed by atoms with Gasteiger partial charge in [0.15, 0.2) is 0 Å². The Morgan fingerprint density at radius 3 is 2.24 bits per heavy atom. The molecule has 1 aliphatic rings. The largest absolute Gasteiger partial charge is 0.341 e. The quantitative estimate of drug-likeness (QED) is 0.672. The van der Waals surface area contributed by atoms with E-state index in [4.69, 9.17) is 0 Å². The molecule has 0 radical (unpaired) electrons. The molecular formula is C12H18N2O3. The molecule has 1 heterocycles. The number of carbonyl (C=O) groups is 3. The summed E-state index contributed by atoms with van der Waals surface area (Å²) in [7, 11) is 0. The van der Waals surface area contributed by atoms with Crippen LogP contribution >= 0.6 is 0 Å². The lowest BCUT2D eigenvalue weighted by molar-refractivity contribution is -0.149. The van der Waals surface area contributed by atoms with Gasteiger partial charge in [0.1, 0.15) is 6.04 Å². The Balaban J connectivity index is 2.85. The van der Waals surface area contributed by atoms with Crippen LogP contribution in [0.5, 0.6) is 0 Å². The molecule has 0 bridgehead atoms. The van der Waals surface area contributed by atoms with Crippen molar-refractivity contribution in [1.82, 2.24) is 9.80 Å². The van der Waals surface area contributed by atoms with Crippen LogP contribution in [0.15, 0.2) is 11.6 Å². The van der Waals surface area contributed by atoms with Gasteiger partial charge in [-0.1, -0.05) is 0 Å². The van der Waals surface area contributed by atoms with E-state index in [1.165, 1.54) is 6.08 Å². The fourth-order valence-electron chi connectivity index (χ4n) is 1.88. The lowest BCUT2D eigenvalue weighted by Gasteiger charge is -2.27. The number of hydrogen-bond acceptors (Lipinski definition) is 3. The van der Waals surface area contributed by atoms with Crippen LogP contribution < -0.4 is 0 Å². The molecule has 0 aromatic heterocycles. The first-order chi connectivity index (χ1) is 7.93. The molecule has 94 valence electrons. The van der Waals surface area contributed by atoms with Crippen molar-refractivity contribution in [3.63, 3.8) is 0 Å². The first-order valence-corrected chi connectivity index (χ1v) is 5.78. The van der Waals surface area contributed by atoms with E-state index in [1.807, 2.05) is 13.8 Å². The molecule has 0 saturated carbocycles. The van der Waals surface area contributed by atoms with Crippen molar-refractivity contribution in [2.24, 2.45) is 0 Å². The summed E-state index contributed by atoms with van der Waals surface area (Å²) in [6.45, 7) is 8.04. The van der Waals surface area contributed by atoms with Gasteiger partial charge in [-0.15, -0.1) is 0 Å². The van der Waals surface area contributed by atoms with Crippen LogP contribution in [-0.4, -0.2) is 46.7 Å². The Bertz CT molecular complexity index is 383. The van der Waals surface area contributed by atoms with Gasteiger partial charge in [-0.2, -0.15) is 0 Å². The van der Waals surface area contributed by atoms with E-state index in [1.54, 1.807) is 18.7 Å². The van der Waals surface area contributed by atoms with Gasteiger partial charge < -0.3 is 4.90 Å². The molecule has 0 spiro atoms. The van der Waals surface area contributed by atoms with Crippen molar-refractivity contribution in [2.75, 3.05) is 13.1 Å². The summed E-state index contributed by atoms with van der Waals surface area (Å²) in [5.41, 5.74) is 0.384. The van der Waals surface area contributed by atoms with Gasteiger partial charge in [0.05, 0.1) is 0 Å². The molecule has 0 aromatic carbocycles. The maximum atomic E-state index is 12.0. The van der Waals surface area contributed by atoms with E-state index in [0.29, 0.717) is 18.7 Å². The molecule has 0 aliphatic carbocycles. The number of imide groups is 1. The van der Waals surface area contributed by atoms with Crippen molar-refractivity contribution >= 4 is 17.7 Å². The Labute approximate surface area is 101 Å². The molecule has 1 rings (SSSR count). The van der Waals surface area contributed by atoms with E-state index >= 15 is 0 Å². The number of hydrogen-bond donors (Lipinski definition) is 0. The predicted molar refractivity (Wildman–Crippen MR) is 63.0 cm³/mol. The minimum atomic E-state index is -0.733. The molecule has 5 nitrogen and oxygen atoms in total. The third-order valence-corrected chi connectivity index (χ3v) is 2.95. The number of rotatable bonds is 4. The van der Waals surface area contributed by atoms with Gasteiger partial charge in [-0.3, -0.25) is 19.3 Å². The Morgan fingerprint density at radius 2 is 1.88 bits per heavy atom. The van der Waals surface area contributed by atoms with Gasteiger partial charge >= 0.3 is 0 Å². The first-order valence-electron chi connectivity index (χ1n) is 5.78. The zero-order valence-electron chi connectivity index (χ0n) is 10.7. The van der Waals surface area contributed by atoms with E-state index in [9.17, 15) is 14.4 Å². The summed E-state index contributed by atoms with van der Waals surface area (Å²) in [6.07, 6.45) is 1.27. The smallest absolute Gasteiger partial charge is 0.257 e. The molecular weight excluding hydrogens is 220 g/mol. The average molecular weight is 238 g/mol. The van der Waals surface area contributed by atoms with Crippen LogP contribution in [0.1, 0.15) is 27.7 Å². The lowest BCUT2D eigenvalue weighted by Crippen LogP contribution is -2.49. The lowest BCUT2D eigenvalue weighted by atomic mass is 10.2. The van der Waals surface area contributed by atoms with Gasteiger partial charge in [-0.25, -0.2) is 0 Å². The standard InChI is InChI=1S/C12H18N2O3/c1-5-13(6-2)12(17)9(4)14-10(15)7-8(3)11(14)16/h7,9H,5-6H2,1-4H3. The van der Waals surface area contributed by atoms with Crippen molar-refractivity contribution in [1.29, 1.82) is 0 Å². The zero-order chi connectivity index (χ0) is 13.2. The Morgan fingerprint density at radius 1 is 1.35 bits per heavy atom. The SMILES string of the molecule is CCN(CC)C(=O)C(C)N1C(=O)C=C(C)C1=O. The van der Waals surface area contributed by atoms with E-state index in [-0.39, 0.29) is 11.8 Å². The summed E-state index contributed by atoms with van der Waals surface area (Å²) in [5, 5.41) is 0. The number of amides is 3. The van der Waals surface area contributed by atoms with E-state index in [2.05, 4.69) is 0 Å². The second-order valence-electron chi connectivity index (χ2n) is 4.03. The Hall–Kier alpha value is -1.65. The fourth-order valence-corrected chi connectivity index (χ4v) is 1.88. The topological polar surface area (TPSA) is 57.7 Å². The maximum Gasteiger partial charge on any atom is 0.257 e. The first kappa shape index (κ1) is 13.4. The second kappa shape index (κ2) is 5.12. The molecule has 0 aromatic rings. The summed E-state index contributed by atoms with van der Waals surface area (Å²) < 4.78 is 0. The van der Waals surface area contributed by atoms with E-state index < -0.39 is 11.9 Å². The van der Waals surface area contributed by atoms with Gasteiger partial charge in [0.2, 0.25) is 5.91 Å². The molecule has 17 heavy (non-hydrogen) atoms. The van der Waals surface area contributed by atoms with Crippen LogP contribution in [0.3, 0.4) is 0 Å². The molecule has 0 N–H and O–H groups in total. The monoisotopic (exact) mass is 238 g/mol. The minimum Gasteiger partial charge on any atom is -0.341 e. The average Bonchev–Trinajstić information content (AvgIpc) is 2.54. The second-order valence-corrected chi connectivity index (χ2v) is 4.03. The molecule has 0 saturated heterocycles. The maximum absolute atomic E-state index is 12.0. The molecule has 3 amide bonds. The highest BCUT2D eigenvalue weighted by atomic mass is 16.2. The highest BCUT2D eigenvalue weighted by molar-refractivity contribution is 6.17. The minimum absolute atomic E-state index is 0.195. The molecule has 1 unspecified atom stereocenters. The number of carbonyl (C=O) groups excluding carboxylic acids is 3. The van der Waals surface area contributed by atoms with Gasteiger partial charge in [-0.05, 0) is 27.7 Å². The van der Waals surface area contributed by atoms with Crippen LogP contribution in [0.2, 0.25) is 0 Å². The highest BCUT2D eigenvalue weighted by Crippen LogP contribution is 2.16. The summed E-state index contributed by atoms with van der Waals surface area (Å²) in [5.74, 6) is -0.969. The van der Waals surface area contributed by atoms with Crippen LogP contribution in [0.4, 0.5) is 0 Å². The molecule has 1 aliphatic heterocycles. The Kier molecular flexibility index (Phi) is 4.04. The zero-order valence-corrected chi connectivity index (χ0v) is 10.7. The van der Waals surface area contributed by atoms with E-state index in [0.717, 1.165) is 4.90 Å². The molecule has 1 atom stereocenters. The van der Waals surface area contributed by atoms with Crippen molar-refractivity contribution < 1.29 is 14.4 Å². The normalized spacial score (nSPS) is 17.2.